The lowest BCUT2D eigenvalue weighted by Gasteiger charge is -2.13. The first-order chi connectivity index (χ1) is 10.3. The SMILES string of the molecule is CCOC(=O)c1ccc(C(=O)O)c(C(=O)O)c1C(=O)OCC. The molecule has 0 saturated heterocycles. The summed E-state index contributed by atoms with van der Waals surface area (Å²) in [6, 6.07) is 1.96. The molecule has 0 radical (unpaired) electrons. The summed E-state index contributed by atoms with van der Waals surface area (Å²) in [7, 11) is 0. The first kappa shape index (κ1) is 17.2. The fourth-order valence-electron chi connectivity index (χ4n) is 1.80. The van der Waals surface area contributed by atoms with Crippen LogP contribution in [0.15, 0.2) is 12.1 Å². The molecule has 0 amide bonds. The Balaban J connectivity index is 3.69. The van der Waals surface area contributed by atoms with E-state index in [9.17, 15) is 24.3 Å². The maximum atomic E-state index is 12.0. The van der Waals surface area contributed by atoms with E-state index in [0.29, 0.717) is 0 Å². The van der Waals surface area contributed by atoms with E-state index in [1.54, 1.807) is 0 Å². The molecule has 0 saturated carbocycles. The lowest BCUT2D eigenvalue weighted by Crippen LogP contribution is -2.21. The molecule has 118 valence electrons. The molecule has 0 spiro atoms. The number of aromatic carboxylic acids is 2. The van der Waals surface area contributed by atoms with E-state index in [-0.39, 0.29) is 18.8 Å². The van der Waals surface area contributed by atoms with Gasteiger partial charge in [0.2, 0.25) is 0 Å². The summed E-state index contributed by atoms with van der Waals surface area (Å²) in [5.41, 5.74) is -2.42. The van der Waals surface area contributed by atoms with Crippen LogP contribution in [0.1, 0.15) is 55.3 Å². The zero-order valence-electron chi connectivity index (χ0n) is 11.9. The van der Waals surface area contributed by atoms with Crippen LogP contribution in [0.3, 0.4) is 0 Å². The number of carboxylic acid groups (broad SMARTS) is 2. The highest BCUT2D eigenvalue weighted by atomic mass is 16.5. The van der Waals surface area contributed by atoms with Crippen molar-refractivity contribution in [3.05, 3.63) is 34.4 Å². The summed E-state index contributed by atoms with van der Waals surface area (Å²) >= 11 is 0. The third-order valence-electron chi connectivity index (χ3n) is 2.62. The summed E-state index contributed by atoms with van der Waals surface area (Å²) in [6.07, 6.45) is 0. The fraction of sp³-hybridized carbons (Fsp3) is 0.286. The van der Waals surface area contributed by atoms with Gasteiger partial charge in [0.25, 0.3) is 0 Å². The van der Waals surface area contributed by atoms with Gasteiger partial charge in [0.1, 0.15) is 0 Å². The van der Waals surface area contributed by atoms with Crippen molar-refractivity contribution < 1.29 is 38.9 Å². The predicted molar refractivity (Wildman–Crippen MR) is 72.3 cm³/mol. The quantitative estimate of drug-likeness (QED) is 0.755. The number of carbonyl (C=O) groups is 4. The minimum Gasteiger partial charge on any atom is -0.478 e. The average molecular weight is 310 g/mol. The number of benzene rings is 1. The molecule has 1 aromatic carbocycles. The van der Waals surface area contributed by atoms with Crippen molar-refractivity contribution in [3.8, 4) is 0 Å². The average Bonchev–Trinajstić information content (AvgIpc) is 2.45. The number of carboxylic acids is 2. The summed E-state index contributed by atoms with van der Waals surface area (Å²) in [6.45, 7) is 2.96. The van der Waals surface area contributed by atoms with Gasteiger partial charge in [0.05, 0.1) is 35.5 Å². The number of hydrogen-bond acceptors (Lipinski definition) is 6. The zero-order valence-corrected chi connectivity index (χ0v) is 11.9. The lowest BCUT2D eigenvalue weighted by molar-refractivity contribution is 0.0472. The molecular weight excluding hydrogens is 296 g/mol. The van der Waals surface area contributed by atoms with Gasteiger partial charge >= 0.3 is 23.9 Å². The highest BCUT2D eigenvalue weighted by molar-refractivity contribution is 6.14. The zero-order chi connectivity index (χ0) is 16.9. The fourth-order valence-corrected chi connectivity index (χ4v) is 1.80. The molecule has 0 aliphatic rings. The molecule has 8 heteroatoms. The van der Waals surface area contributed by atoms with Gasteiger partial charge < -0.3 is 19.7 Å². The van der Waals surface area contributed by atoms with Crippen molar-refractivity contribution in [2.75, 3.05) is 13.2 Å². The van der Waals surface area contributed by atoms with Crippen LogP contribution in [0, 0.1) is 0 Å². The molecule has 0 atom stereocenters. The number of ether oxygens (including phenoxy) is 2. The lowest BCUT2D eigenvalue weighted by atomic mass is 9.95. The van der Waals surface area contributed by atoms with Crippen molar-refractivity contribution in [1.29, 1.82) is 0 Å². The Morgan fingerprint density at radius 2 is 1.32 bits per heavy atom. The van der Waals surface area contributed by atoms with E-state index in [4.69, 9.17) is 14.6 Å². The Bertz CT molecular complexity index is 632. The number of hydrogen-bond donors (Lipinski definition) is 2. The van der Waals surface area contributed by atoms with Crippen molar-refractivity contribution in [2.45, 2.75) is 13.8 Å². The van der Waals surface area contributed by atoms with Crippen LogP contribution in [-0.4, -0.2) is 47.3 Å². The molecule has 22 heavy (non-hydrogen) atoms. The number of carbonyl (C=O) groups excluding carboxylic acids is 2. The van der Waals surface area contributed by atoms with E-state index in [1.165, 1.54) is 13.8 Å². The van der Waals surface area contributed by atoms with Crippen molar-refractivity contribution in [3.63, 3.8) is 0 Å². The summed E-state index contributed by atoms with van der Waals surface area (Å²) in [5.74, 6) is -5.25. The Kier molecular flexibility index (Phi) is 5.62. The Morgan fingerprint density at radius 3 is 1.77 bits per heavy atom. The van der Waals surface area contributed by atoms with Gasteiger partial charge in [0, 0.05) is 0 Å². The minimum absolute atomic E-state index is 0.00415. The van der Waals surface area contributed by atoms with E-state index >= 15 is 0 Å². The van der Waals surface area contributed by atoms with Gasteiger partial charge in [-0.05, 0) is 26.0 Å². The predicted octanol–water partition coefficient (Wildman–Crippen LogP) is 1.44. The van der Waals surface area contributed by atoms with Crippen LogP contribution in [-0.2, 0) is 9.47 Å². The monoisotopic (exact) mass is 310 g/mol. The second-order valence-electron chi connectivity index (χ2n) is 3.96. The molecule has 0 heterocycles. The molecule has 0 aliphatic heterocycles. The highest BCUT2D eigenvalue weighted by Crippen LogP contribution is 2.22. The Labute approximate surface area is 125 Å². The van der Waals surface area contributed by atoms with Crippen LogP contribution in [0.5, 0.6) is 0 Å². The second-order valence-corrected chi connectivity index (χ2v) is 3.96. The van der Waals surface area contributed by atoms with Crippen LogP contribution in [0.25, 0.3) is 0 Å². The summed E-state index contributed by atoms with van der Waals surface area (Å²) < 4.78 is 9.46. The standard InChI is InChI=1S/C14H14O8/c1-3-21-13(19)8-6-5-7(11(15)16)9(12(17)18)10(8)14(20)22-4-2/h5-6H,3-4H2,1-2H3,(H,15,16)(H,17,18). The molecule has 2 N–H and O–H groups in total. The maximum Gasteiger partial charge on any atom is 0.339 e. The third-order valence-corrected chi connectivity index (χ3v) is 2.62. The maximum absolute atomic E-state index is 12.0. The Hall–Kier alpha value is -2.90. The molecule has 0 bridgehead atoms. The van der Waals surface area contributed by atoms with Crippen LogP contribution in [0.2, 0.25) is 0 Å². The topological polar surface area (TPSA) is 127 Å². The number of esters is 2. The molecule has 0 unspecified atom stereocenters. The van der Waals surface area contributed by atoms with Crippen molar-refractivity contribution >= 4 is 23.9 Å². The van der Waals surface area contributed by atoms with Crippen LogP contribution in [0.4, 0.5) is 0 Å². The van der Waals surface area contributed by atoms with E-state index < -0.39 is 40.6 Å². The van der Waals surface area contributed by atoms with E-state index in [2.05, 4.69) is 0 Å². The second kappa shape index (κ2) is 7.21. The van der Waals surface area contributed by atoms with Crippen LogP contribution >= 0.6 is 0 Å². The summed E-state index contributed by atoms with van der Waals surface area (Å²) in [4.78, 5) is 46.3. The summed E-state index contributed by atoms with van der Waals surface area (Å²) in [5, 5.41) is 18.3. The van der Waals surface area contributed by atoms with Gasteiger partial charge in [-0.2, -0.15) is 0 Å². The van der Waals surface area contributed by atoms with Crippen LogP contribution < -0.4 is 0 Å². The van der Waals surface area contributed by atoms with Crippen molar-refractivity contribution in [1.82, 2.24) is 0 Å². The minimum atomic E-state index is -1.66. The first-order valence-electron chi connectivity index (χ1n) is 6.32. The molecule has 1 rings (SSSR count). The molecule has 8 nitrogen and oxygen atoms in total. The third kappa shape index (κ3) is 3.40. The molecule has 0 aromatic heterocycles. The highest BCUT2D eigenvalue weighted by Gasteiger charge is 2.30. The van der Waals surface area contributed by atoms with Crippen molar-refractivity contribution in [2.24, 2.45) is 0 Å². The molecule has 0 aliphatic carbocycles. The first-order valence-corrected chi connectivity index (χ1v) is 6.32. The van der Waals surface area contributed by atoms with Gasteiger partial charge in [-0.15, -0.1) is 0 Å². The molecule has 0 fully saturated rings. The van der Waals surface area contributed by atoms with Gasteiger partial charge in [0.15, 0.2) is 0 Å². The normalized spacial score (nSPS) is 9.91. The smallest absolute Gasteiger partial charge is 0.339 e. The Morgan fingerprint density at radius 1 is 0.818 bits per heavy atom. The number of rotatable bonds is 6. The molecular formula is C14H14O8. The van der Waals surface area contributed by atoms with Gasteiger partial charge in [-0.1, -0.05) is 0 Å². The van der Waals surface area contributed by atoms with Gasteiger partial charge in [-0.25, -0.2) is 19.2 Å². The van der Waals surface area contributed by atoms with Gasteiger partial charge in [-0.3, -0.25) is 0 Å². The largest absolute Gasteiger partial charge is 0.478 e. The van der Waals surface area contributed by atoms with E-state index in [0.717, 1.165) is 12.1 Å². The van der Waals surface area contributed by atoms with E-state index in [1.807, 2.05) is 0 Å². The molecule has 1 aromatic rings.